The largest absolute Gasteiger partial charge is 0.464 e. The van der Waals surface area contributed by atoms with E-state index in [2.05, 4.69) is 25.2 Å². The number of furan rings is 1. The predicted octanol–water partition coefficient (Wildman–Crippen LogP) is 2.89. The second-order valence-corrected chi connectivity index (χ2v) is 4.10. The average molecular weight is 203 g/mol. The normalized spacial score (nSPS) is 13.3. The Kier molecular flexibility index (Phi) is 2.78. The summed E-state index contributed by atoms with van der Waals surface area (Å²) < 4.78 is 5.55. The van der Waals surface area contributed by atoms with Crippen LogP contribution in [0.4, 0.5) is 0 Å². The highest BCUT2D eigenvalue weighted by Gasteiger charge is 2.10. The van der Waals surface area contributed by atoms with Crippen LogP contribution >= 0.6 is 0 Å². The van der Waals surface area contributed by atoms with Gasteiger partial charge in [0.25, 0.3) is 0 Å². The lowest BCUT2D eigenvalue weighted by Crippen LogP contribution is -2.23. The van der Waals surface area contributed by atoms with Crippen molar-refractivity contribution in [1.29, 1.82) is 0 Å². The third-order valence-corrected chi connectivity index (χ3v) is 2.90. The second-order valence-electron chi connectivity index (χ2n) is 4.10. The molecule has 0 aliphatic heterocycles. The molecule has 0 spiro atoms. The summed E-state index contributed by atoms with van der Waals surface area (Å²) in [4.78, 5) is 0. The molecule has 15 heavy (non-hydrogen) atoms. The van der Waals surface area contributed by atoms with Crippen molar-refractivity contribution in [2.75, 3.05) is 7.05 Å². The van der Waals surface area contributed by atoms with Gasteiger partial charge in [0.1, 0.15) is 5.58 Å². The lowest BCUT2D eigenvalue weighted by Gasteiger charge is -2.08. The van der Waals surface area contributed by atoms with Crippen molar-refractivity contribution in [3.63, 3.8) is 0 Å². The molecule has 0 amide bonds. The minimum Gasteiger partial charge on any atom is -0.464 e. The number of hydrogen-bond acceptors (Lipinski definition) is 2. The molecule has 1 N–H and O–H groups in total. The van der Waals surface area contributed by atoms with E-state index in [0.717, 1.165) is 12.0 Å². The van der Waals surface area contributed by atoms with Crippen LogP contribution in [0, 0.1) is 6.92 Å². The Morgan fingerprint density at radius 3 is 2.93 bits per heavy atom. The van der Waals surface area contributed by atoms with Crippen molar-refractivity contribution in [3.05, 3.63) is 35.6 Å². The molecule has 0 saturated heterocycles. The van der Waals surface area contributed by atoms with Crippen molar-refractivity contribution >= 4 is 11.0 Å². The van der Waals surface area contributed by atoms with Crippen LogP contribution < -0.4 is 5.32 Å². The maximum atomic E-state index is 5.55. The van der Waals surface area contributed by atoms with Crippen LogP contribution in [0.25, 0.3) is 11.0 Å². The molecule has 1 aromatic carbocycles. The zero-order valence-corrected chi connectivity index (χ0v) is 9.50. The summed E-state index contributed by atoms with van der Waals surface area (Å²) in [6.07, 6.45) is 2.89. The number of hydrogen-bond donors (Lipinski definition) is 1. The first-order chi connectivity index (χ1) is 7.22. The van der Waals surface area contributed by atoms with Crippen LogP contribution in [-0.2, 0) is 6.42 Å². The lowest BCUT2D eigenvalue weighted by atomic mass is 10.0. The average Bonchev–Trinajstić information content (AvgIpc) is 2.63. The van der Waals surface area contributed by atoms with Gasteiger partial charge in [0.15, 0.2) is 0 Å². The fraction of sp³-hybridized carbons (Fsp3) is 0.385. The van der Waals surface area contributed by atoms with Gasteiger partial charge >= 0.3 is 0 Å². The molecule has 0 aliphatic rings. The van der Waals surface area contributed by atoms with E-state index < -0.39 is 0 Å². The van der Waals surface area contributed by atoms with Gasteiger partial charge in [-0.25, -0.2) is 0 Å². The Morgan fingerprint density at radius 1 is 1.40 bits per heavy atom. The van der Waals surface area contributed by atoms with Gasteiger partial charge in [-0.3, -0.25) is 0 Å². The van der Waals surface area contributed by atoms with Crippen molar-refractivity contribution in [2.24, 2.45) is 0 Å². The molecule has 2 rings (SSSR count). The lowest BCUT2D eigenvalue weighted by molar-refractivity contribution is 0.583. The Labute approximate surface area is 90.3 Å². The summed E-state index contributed by atoms with van der Waals surface area (Å²) in [7, 11) is 1.99. The van der Waals surface area contributed by atoms with Gasteiger partial charge < -0.3 is 9.73 Å². The highest BCUT2D eigenvalue weighted by Crippen LogP contribution is 2.25. The third kappa shape index (κ3) is 1.90. The van der Waals surface area contributed by atoms with Gasteiger partial charge in [0.2, 0.25) is 0 Å². The summed E-state index contributed by atoms with van der Waals surface area (Å²) in [6, 6.07) is 6.67. The SMILES string of the molecule is CNC(C)Cc1coc2cccc(C)c12. The quantitative estimate of drug-likeness (QED) is 0.829. The molecule has 2 aromatic rings. The molecule has 0 radical (unpaired) electrons. The number of aryl methyl sites for hydroxylation is 1. The Hall–Kier alpha value is -1.28. The maximum Gasteiger partial charge on any atom is 0.134 e. The van der Waals surface area contributed by atoms with E-state index in [1.54, 1.807) is 0 Å². The molecule has 1 aromatic heterocycles. The molecule has 1 atom stereocenters. The summed E-state index contributed by atoms with van der Waals surface area (Å²) in [6.45, 7) is 4.31. The molecule has 0 aliphatic carbocycles. The van der Waals surface area contributed by atoms with Gasteiger partial charge in [0.05, 0.1) is 6.26 Å². The van der Waals surface area contributed by atoms with Crippen molar-refractivity contribution < 1.29 is 4.42 Å². The first kappa shape index (κ1) is 10.2. The molecule has 2 heteroatoms. The van der Waals surface area contributed by atoms with Gasteiger partial charge in [-0.2, -0.15) is 0 Å². The number of rotatable bonds is 3. The minimum atomic E-state index is 0.477. The van der Waals surface area contributed by atoms with E-state index in [-0.39, 0.29) is 0 Å². The van der Waals surface area contributed by atoms with Crippen LogP contribution in [0.3, 0.4) is 0 Å². The number of fused-ring (bicyclic) bond motifs is 1. The van der Waals surface area contributed by atoms with Gasteiger partial charge in [-0.05, 0) is 44.5 Å². The Morgan fingerprint density at radius 2 is 2.20 bits per heavy atom. The van der Waals surface area contributed by atoms with E-state index in [0.29, 0.717) is 6.04 Å². The monoisotopic (exact) mass is 203 g/mol. The molecule has 0 fully saturated rings. The molecule has 1 unspecified atom stereocenters. The minimum absolute atomic E-state index is 0.477. The summed E-state index contributed by atoms with van der Waals surface area (Å²) in [5.41, 5.74) is 3.58. The zero-order chi connectivity index (χ0) is 10.8. The molecule has 1 heterocycles. The van der Waals surface area contributed by atoms with E-state index in [9.17, 15) is 0 Å². The first-order valence-electron chi connectivity index (χ1n) is 5.35. The fourth-order valence-electron chi connectivity index (χ4n) is 1.93. The van der Waals surface area contributed by atoms with Crippen LogP contribution in [0.1, 0.15) is 18.1 Å². The van der Waals surface area contributed by atoms with Crippen LogP contribution in [0.2, 0.25) is 0 Å². The standard InChI is InChI=1S/C13H17NO/c1-9-5-4-6-12-13(9)11(8-15-12)7-10(2)14-3/h4-6,8,10,14H,7H2,1-3H3. The Balaban J connectivity index is 2.43. The summed E-state index contributed by atoms with van der Waals surface area (Å²) >= 11 is 0. The predicted molar refractivity (Wildman–Crippen MR) is 63.2 cm³/mol. The van der Waals surface area contributed by atoms with E-state index >= 15 is 0 Å². The van der Waals surface area contributed by atoms with Crippen LogP contribution in [-0.4, -0.2) is 13.1 Å². The topological polar surface area (TPSA) is 25.2 Å². The maximum absolute atomic E-state index is 5.55. The molecule has 80 valence electrons. The van der Waals surface area contributed by atoms with Gasteiger partial charge in [-0.15, -0.1) is 0 Å². The highest BCUT2D eigenvalue weighted by atomic mass is 16.3. The van der Waals surface area contributed by atoms with Crippen LogP contribution in [0.15, 0.2) is 28.9 Å². The number of benzene rings is 1. The van der Waals surface area contributed by atoms with Crippen LogP contribution in [0.5, 0.6) is 0 Å². The highest BCUT2D eigenvalue weighted by molar-refractivity contribution is 5.84. The molecular weight excluding hydrogens is 186 g/mol. The fourth-order valence-corrected chi connectivity index (χ4v) is 1.93. The van der Waals surface area contributed by atoms with Crippen molar-refractivity contribution in [2.45, 2.75) is 26.3 Å². The summed E-state index contributed by atoms with van der Waals surface area (Å²) in [5, 5.41) is 4.52. The van der Waals surface area contributed by atoms with Crippen molar-refractivity contribution in [3.8, 4) is 0 Å². The third-order valence-electron chi connectivity index (χ3n) is 2.90. The van der Waals surface area contributed by atoms with Gasteiger partial charge in [-0.1, -0.05) is 12.1 Å². The zero-order valence-electron chi connectivity index (χ0n) is 9.50. The molecular formula is C13H17NO. The second kappa shape index (κ2) is 4.07. The number of likely N-dealkylation sites (N-methyl/N-ethyl adjacent to an activating group) is 1. The number of nitrogens with one attached hydrogen (secondary N) is 1. The first-order valence-corrected chi connectivity index (χ1v) is 5.35. The van der Waals surface area contributed by atoms with Gasteiger partial charge in [0, 0.05) is 11.4 Å². The van der Waals surface area contributed by atoms with E-state index in [4.69, 9.17) is 4.42 Å². The van der Waals surface area contributed by atoms with E-state index in [1.165, 1.54) is 16.5 Å². The van der Waals surface area contributed by atoms with Crippen molar-refractivity contribution in [1.82, 2.24) is 5.32 Å². The van der Waals surface area contributed by atoms with E-state index in [1.807, 2.05) is 25.4 Å². The molecule has 2 nitrogen and oxygen atoms in total. The Bertz CT molecular complexity index is 459. The summed E-state index contributed by atoms with van der Waals surface area (Å²) in [5.74, 6) is 0. The molecule has 0 bridgehead atoms. The smallest absolute Gasteiger partial charge is 0.134 e. The molecule has 0 saturated carbocycles.